The summed E-state index contributed by atoms with van der Waals surface area (Å²) >= 11 is 1.14. The lowest BCUT2D eigenvalue weighted by Crippen LogP contribution is -2.34. The third-order valence-corrected chi connectivity index (χ3v) is 3.46. The number of nitrogens with zero attached hydrogens (tertiary/aromatic N) is 1. The molecule has 2 heterocycles. The summed E-state index contributed by atoms with van der Waals surface area (Å²) in [5, 5.41) is 12.6. The molecule has 1 saturated heterocycles. The molecule has 2 N–H and O–H groups in total. The second-order valence-corrected chi connectivity index (χ2v) is 4.69. The number of aryl methyl sites for hydroxylation is 1. The fourth-order valence-corrected chi connectivity index (χ4v) is 2.34. The first-order valence-corrected chi connectivity index (χ1v) is 6.12. The van der Waals surface area contributed by atoms with Crippen molar-refractivity contribution in [2.75, 3.05) is 31.7 Å². The Kier molecular flexibility index (Phi) is 3.93. The van der Waals surface area contributed by atoms with Gasteiger partial charge in [0.15, 0.2) is 5.13 Å². The minimum Gasteiger partial charge on any atom is -0.477 e. The van der Waals surface area contributed by atoms with Crippen molar-refractivity contribution in [1.29, 1.82) is 0 Å². The fraction of sp³-hybridized carbons (Fsp3) is 0.600. The molecule has 0 aliphatic carbocycles. The van der Waals surface area contributed by atoms with Gasteiger partial charge in [0.1, 0.15) is 4.88 Å². The highest BCUT2D eigenvalue weighted by Crippen LogP contribution is 2.22. The van der Waals surface area contributed by atoms with Crippen molar-refractivity contribution in [2.24, 2.45) is 0 Å². The molecular weight excluding hydrogens is 244 g/mol. The van der Waals surface area contributed by atoms with Crippen LogP contribution in [0.5, 0.6) is 0 Å². The van der Waals surface area contributed by atoms with Crippen LogP contribution in [-0.4, -0.2) is 48.5 Å². The molecule has 0 spiro atoms. The lowest BCUT2D eigenvalue weighted by atomic mass is 10.3. The van der Waals surface area contributed by atoms with Crippen molar-refractivity contribution >= 4 is 22.4 Å². The topological polar surface area (TPSA) is 80.7 Å². The fourth-order valence-electron chi connectivity index (χ4n) is 1.53. The summed E-state index contributed by atoms with van der Waals surface area (Å²) in [5.74, 6) is -0.940. The molecule has 1 aliphatic heterocycles. The van der Waals surface area contributed by atoms with Gasteiger partial charge in [0.25, 0.3) is 0 Å². The van der Waals surface area contributed by atoms with E-state index in [1.165, 1.54) is 0 Å². The summed E-state index contributed by atoms with van der Waals surface area (Å²) in [5.41, 5.74) is 0.533. The normalized spacial score (nSPS) is 20.2. The third-order valence-electron chi connectivity index (χ3n) is 2.36. The van der Waals surface area contributed by atoms with Gasteiger partial charge in [-0.2, -0.15) is 0 Å². The number of anilines is 1. The molecule has 0 aromatic carbocycles. The van der Waals surface area contributed by atoms with E-state index in [4.69, 9.17) is 14.6 Å². The molecule has 1 aromatic rings. The number of carboxylic acids is 1. The van der Waals surface area contributed by atoms with Gasteiger partial charge < -0.3 is 19.9 Å². The van der Waals surface area contributed by atoms with E-state index in [2.05, 4.69) is 10.3 Å². The summed E-state index contributed by atoms with van der Waals surface area (Å²) < 4.78 is 10.7. The van der Waals surface area contributed by atoms with Crippen LogP contribution in [0.3, 0.4) is 0 Å². The smallest absolute Gasteiger partial charge is 0.347 e. The molecule has 6 nitrogen and oxygen atoms in total. The van der Waals surface area contributed by atoms with Crippen molar-refractivity contribution < 1.29 is 19.4 Å². The molecule has 1 fully saturated rings. The molecule has 0 bridgehead atoms. The van der Waals surface area contributed by atoms with Crippen molar-refractivity contribution in [2.45, 2.75) is 13.0 Å². The summed E-state index contributed by atoms with van der Waals surface area (Å²) in [6.45, 7) is 4.06. The molecule has 0 amide bonds. The lowest BCUT2D eigenvalue weighted by molar-refractivity contribution is -0.0818. The first-order chi connectivity index (χ1) is 8.16. The Morgan fingerprint density at radius 2 is 2.47 bits per heavy atom. The molecule has 94 valence electrons. The summed E-state index contributed by atoms with van der Waals surface area (Å²) in [6.07, 6.45) is 0.00114. The largest absolute Gasteiger partial charge is 0.477 e. The van der Waals surface area contributed by atoms with Crippen molar-refractivity contribution in [1.82, 2.24) is 4.98 Å². The lowest BCUT2D eigenvalue weighted by Gasteiger charge is -2.22. The monoisotopic (exact) mass is 258 g/mol. The number of carboxylic acid groups (broad SMARTS) is 1. The number of ether oxygens (including phenoxy) is 2. The van der Waals surface area contributed by atoms with Gasteiger partial charge in [0.05, 0.1) is 31.6 Å². The second-order valence-electron chi connectivity index (χ2n) is 3.69. The van der Waals surface area contributed by atoms with Crippen molar-refractivity contribution in [3.05, 3.63) is 10.6 Å². The quantitative estimate of drug-likeness (QED) is 0.838. The Labute approximate surface area is 103 Å². The second kappa shape index (κ2) is 5.44. The maximum Gasteiger partial charge on any atom is 0.347 e. The predicted octanol–water partition coefficient (Wildman–Crippen LogP) is 0.977. The highest BCUT2D eigenvalue weighted by molar-refractivity contribution is 7.17. The Morgan fingerprint density at radius 1 is 1.65 bits per heavy atom. The van der Waals surface area contributed by atoms with Gasteiger partial charge in [-0.1, -0.05) is 11.3 Å². The zero-order valence-corrected chi connectivity index (χ0v) is 10.2. The number of rotatable bonds is 4. The average Bonchev–Trinajstić information content (AvgIpc) is 2.69. The Bertz CT molecular complexity index is 401. The van der Waals surface area contributed by atoms with Gasteiger partial charge in [0, 0.05) is 6.54 Å². The van der Waals surface area contributed by atoms with Gasteiger partial charge in [-0.25, -0.2) is 9.78 Å². The molecule has 17 heavy (non-hydrogen) atoms. The number of carbonyl (C=O) groups is 1. The number of thiazole rings is 1. The molecule has 1 atom stereocenters. The maximum absolute atomic E-state index is 10.8. The highest BCUT2D eigenvalue weighted by atomic mass is 32.1. The molecule has 1 aliphatic rings. The zero-order valence-electron chi connectivity index (χ0n) is 9.43. The van der Waals surface area contributed by atoms with Crippen molar-refractivity contribution in [3.63, 3.8) is 0 Å². The van der Waals surface area contributed by atoms with Crippen LogP contribution in [0.2, 0.25) is 0 Å². The maximum atomic E-state index is 10.8. The SMILES string of the molecule is Cc1nc(NCC2COCCO2)sc1C(=O)O. The van der Waals surface area contributed by atoms with E-state index in [0.29, 0.717) is 37.2 Å². The van der Waals surface area contributed by atoms with E-state index < -0.39 is 5.97 Å². The number of hydrogen-bond acceptors (Lipinski definition) is 6. The Hall–Kier alpha value is -1.18. The van der Waals surface area contributed by atoms with Crippen LogP contribution in [0.25, 0.3) is 0 Å². The van der Waals surface area contributed by atoms with E-state index >= 15 is 0 Å². The van der Waals surface area contributed by atoms with Gasteiger partial charge in [-0.15, -0.1) is 0 Å². The van der Waals surface area contributed by atoms with Crippen LogP contribution < -0.4 is 5.32 Å². The zero-order chi connectivity index (χ0) is 12.3. The van der Waals surface area contributed by atoms with Crippen LogP contribution in [-0.2, 0) is 9.47 Å². The Morgan fingerprint density at radius 3 is 3.06 bits per heavy atom. The minimum absolute atomic E-state index is 0.00114. The van der Waals surface area contributed by atoms with E-state index in [0.717, 1.165) is 11.3 Å². The van der Waals surface area contributed by atoms with E-state index in [9.17, 15) is 4.79 Å². The number of hydrogen-bond donors (Lipinski definition) is 2. The van der Waals surface area contributed by atoms with Gasteiger partial charge >= 0.3 is 5.97 Å². The average molecular weight is 258 g/mol. The summed E-state index contributed by atoms with van der Waals surface area (Å²) in [4.78, 5) is 15.3. The van der Waals surface area contributed by atoms with E-state index in [1.54, 1.807) is 6.92 Å². The molecule has 1 aromatic heterocycles. The summed E-state index contributed by atoms with van der Waals surface area (Å²) in [6, 6.07) is 0. The third kappa shape index (κ3) is 3.15. The van der Waals surface area contributed by atoms with Gasteiger partial charge in [0.2, 0.25) is 0 Å². The molecule has 0 radical (unpaired) electrons. The van der Waals surface area contributed by atoms with Crippen LogP contribution in [0.15, 0.2) is 0 Å². The number of aromatic nitrogens is 1. The van der Waals surface area contributed by atoms with E-state index in [1.807, 2.05) is 0 Å². The highest BCUT2D eigenvalue weighted by Gasteiger charge is 2.17. The Balaban J connectivity index is 1.90. The van der Waals surface area contributed by atoms with E-state index in [-0.39, 0.29) is 11.0 Å². The number of aromatic carboxylic acids is 1. The van der Waals surface area contributed by atoms with Crippen LogP contribution in [0.4, 0.5) is 5.13 Å². The van der Waals surface area contributed by atoms with Crippen LogP contribution in [0.1, 0.15) is 15.4 Å². The van der Waals surface area contributed by atoms with Gasteiger partial charge in [-0.05, 0) is 6.92 Å². The van der Waals surface area contributed by atoms with Crippen LogP contribution in [0, 0.1) is 6.92 Å². The molecular formula is C10H14N2O4S. The molecule has 0 saturated carbocycles. The minimum atomic E-state index is -0.940. The van der Waals surface area contributed by atoms with Gasteiger partial charge in [-0.3, -0.25) is 0 Å². The predicted molar refractivity (Wildman–Crippen MR) is 62.9 cm³/mol. The summed E-state index contributed by atoms with van der Waals surface area (Å²) in [7, 11) is 0. The molecule has 7 heteroatoms. The van der Waals surface area contributed by atoms with Crippen LogP contribution >= 0.6 is 11.3 Å². The first-order valence-electron chi connectivity index (χ1n) is 5.30. The molecule has 2 rings (SSSR count). The first kappa shape index (κ1) is 12.3. The standard InChI is InChI=1S/C10H14N2O4S/c1-6-8(9(13)14)17-10(12-6)11-4-7-5-15-2-3-16-7/h7H,2-5H2,1H3,(H,11,12)(H,13,14). The van der Waals surface area contributed by atoms with Crippen molar-refractivity contribution in [3.8, 4) is 0 Å². The molecule has 1 unspecified atom stereocenters. The number of nitrogens with one attached hydrogen (secondary N) is 1.